The molecular weight excluding hydrogens is 336 g/mol. The third-order valence-corrected chi connectivity index (χ3v) is 3.55. The van der Waals surface area contributed by atoms with Crippen molar-refractivity contribution in [3.05, 3.63) is 42.3 Å². The molecule has 0 bridgehead atoms. The highest BCUT2D eigenvalue weighted by molar-refractivity contribution is 5.74. The number of nitrogens with one attached hydrogen (secondary N) is 3. The van der Waals surface area contributed by atoms with Crippen molar-refractivity contribution in [1.29, 1.82) is 0 Å². The molecular formula is C16H20N8O2. The molecule has 0 aliphatic heterocycles. The van der Waals surface area contributed by atoms with E-state index in [1.807, 2.05) is 12.1 Å². The van der Waals surface area contributed by atoms with Crippen LogP contribution < -0.4 is 10.6 Å². The van der Waals surface area contributed by atoms with Crippen LogP contribution in [0.3, 0.4) is 0 Å². The average molecular weight is 356 g/mol. The lowest BCUT2D eigenvalue weighted by molar-refractivity contribution is 0.228. The first-order chi connectivity index (χ1) is 12.6. The Morgan fingerprint density at radius 1 is 1.38 bits per heavy atom. The summed E-state index contributed by atoms with van der Waals surface area (Å²) < 4.78 is 5.31. The van der Waals surface area contributed by atoms with E-state index in [1.165, 1.54) is 6.33 Å². The maximum absolute atomic E-state index is 12.3. The van der Waals surface area contributed by atoms with Crippen LogP contribution in [0.4, 0.5) is 4.79 Å². The van der Waals surface area contributed by atoms with Gasteiger partial charge in [-0.2, -0.15) is 10.1 Å². The number of nitrogens with zero attached hydrogens (tertiary/aromatic N) is 5. The summed E-state index contributed by atoms with van der Waals surface area (Å²) in [5.74, 6) is 1.34. The molecule has 10 nitrogen and oxygen atoms in total. The van der Waals surface area contributed by atoms with Crippen LogP contribution in [0.2, 0.25) is 0 Å². The Labute approximate surface area is 149 Å². The number of H-pyrrole nitrogens is 1. The van der Waals surface area contributed by atoms with E-state index < -0.39 is 6.04 Å². The lowest BCUT2D eigenvalue weighted by Crippen LogP contribution is -2.38. The number of hydrogen-bond donors (Lipinski definition) is 3. The molecule has 10 heteroatoms. The molecule has 3 rings (SSSR count). The molecule has 0 aliphatic carbocycles. The van der Waals surface area contributed by atoms with Crippen LogP contribution >= 0.6 is 0 Å². The summed E-state index contributed by atoms with van der Waals surface area (Å²) in [6.07, 6.45) is 5.40. The molecule has 3 N–H and O–H groups in total. The van der Waals surface area contributed by atoms with Gasteiger partial charge in [0.25, 0.3) is 0 Å². The van der Waals surface area contributed by atoms with Gasteiger partial charge in [-0.15, -0.1) is 0 Å². The fraction of sp³-hybridized carbons (Fsp3) is 0.375. The Morgan fingerprint density at radius 3 is 2.96 bits per heavy atom. The van der Waals surface area contributed by atoms with Crippen molar-refractivity contribution < 1.29 is 9.32 Å². The highest BCUT2D eigenvalue weighted by atomic mass is 16.5. The number of aromatic nitrogens is 6. The highest BCUT2D eigenvalue weighted by Gasteiger charge is 2.23. The van der Waals surface area contributed by atoms with Crippen LogP contribution in [0.25, 0.3) is 11.6 Å². The predicted molar refractivity (Wildman–Crippen MR) is 91.5 cm³/mol. The van der Waals surface area contributed by atoms with E-state index in [0.717, 1.165) is 5.56 Å². The van der Waals surface area contributed by atoms with E-state index in [4.69, 9.17) is 4.52 Å². The smallest absolute Gasteiger partial charge is 0.315 e. The molecule has 0 unspecified atom stereocenters. The molecule has 136 valence electrons. The van der Waals surface area contributed by atoms with Crippen LogP contribution in [-0.4, -0.2) is 36.3 Å². The third kappa shape index (κ3) is 4.62. The fourth-order valence-electron chi connectivity index (χ4n) is 2.37. The van der Waals surface area contributed by atoms with E-state index in [-0.39, 0.29) is 6.03 Å². The van der Waals surface area contributed by atoms with Crippen LogP contribution in [0, 0.1) is 5.92 Å². The van der Waals surface area contributed by atoms with E-state index in [2.05, 4.69) is 54.8 Å². The molecule has 3 heterocycles. The number of carbonyl (C=O) groups excluding carboxylic acids is 1. The SMILES string of the molecule is CC(C)C[C@H](NC(=O)NCc1cccnc1)c1nc(-c2ncn[nH]2)no1. The van der Waals surface area contributed by atoms with Gasteiger partial charge in [-0.3, -0.25) is 10.1 Å². The first kappa shape index (κ1) is 17.5. The first-order valence-corrected chi connectivity index (χ1v) is 8.24. The number of hydrogen-bond acceptors (Lipinski definition) is 7. The van der Waals surface area contributed by atoms with Gasteiger partial charge in [-0.1, -0.05) is 25.1 Å². The maximum atomic E-state index is 12.3. The number of carbonyl (C=O) groups is 1. The average Bonchev–Trinajstić information content (AvgIpc) is 3.31. The molecule has 0 aliphatic rings. The van der Waals surface area contributed by atoms with Crippen molar-refractivity contribution in [2.24, 2.45) is 5.92 Å². The van der Waals surface area contributed by atoms with Crippen LogP contribution in [0.1, 0.15) is 37.8 Å². The monoisotopic (exact) mass is 356 g/mol. The molecule has 0 saturated heterocycles. The Morgan fingerprint density at radius 2 is 2.27 bits per heavy atom. The van der Waals surface area contributed by atoms with Crippen LogP contribution in [-0.2, 0) is 6.54 Å². The second-order valence-electron chi connectivity index (χ2n) is 6.16. The first-order valence-electron chi connectivity index (χ1n) is 8.24. The van der Waals surface area contributed by atoms with Gasteiger partial charge >= 0.3 is 6.03 Å². The summed E-state index contributed by atoms with van der Waals surface area (Å²) >= 11 is 0. The fourth-order valence-corrected chi connectivity index (χ4v) is 2.37. The van der Waals surface area contributed by atoms with Crippen molar-refractivity contribution in [1.82, 2.24) is 40.9 Å². The van der Waals surface area contributed by atoms with Crippen molar-refractivity contribution in [2.75, 3.05) is 0 Å². The number of urea groups is 1. The molecule has 0 saturated carbocycles. The summed E-state index contributed by atoms with van der Waals surface area (Å²) in [6.45, 7) is 4.48. The summed E-state index contributed by atoms with van der Waals surface area (Å²) in [6, 6.07) is 2.98. The Hall–Kier alpha value is -3.30. The van der Waals surface area contributed by atoms with Gasteiger partial charge in [0, 0.05) is 18.9 Å². The maximum Gasteiger partial charge on any atom is 0.315 e. The van der Waals surface area contributed by atoms with Gasteiger partial charge in [0.15, 0.2) is 5.82 Å². The molecule has 2 amide bonds. The summed E-state index contributed by atoms with van der Waals surface area (Å²) in [5, 5.41) is 16.0. The lowest BCUT2D eigenvalue weighted by atomic mass is 10.0. The zero-order valence-electron chi connectivity index (χ0n) is 14.5. The minimum atomic E-state index is -0.409. The van der Waals surface area contributed by atoms with Gasteiger partial charge in [-0.25, -0.2) is 9.78 Å². The Kier molecular flexibility index (Phi) is 5.52. The van der Waals surface area contributed by atoms with Crippen LogP contribution in [0.5, 0.6) is 0 Å². The molecule has 0 aromatic carbocycles. The second kappa shape index (κ2) is 8.19. The normalized spacial score (nSPS) is 12.1. The van der Waals surface area contributed by atoms with E-state index in [0.29, 0.717) is 36.4 Å². The van der Waals surface area contributed by atoms with E-state index >= 15 is 0 Å². The largest absolute Gasteiger partial charge is 0.337 e. The van der Waals surface area contributed by atoms with Gasteiger partial charge in [0.1, 0.15) is 12.4 Å². The van der Waals surface area contributed by atoms with Crippen molar-refractivity contribution >= 4 is 6.03 Å². The minimum absolute atomic E-state index is 0.295. The summed E-state index contributed by atoms with van der Waals surface area (Å²) in [5.41, 5.74) is 0.911. The molecule has 1 atom stereocenters. The van der Waals surface area contributed by atoms with Crippen LogP contribution in [0.15, 0.2) is 35.4 Å². The molecule has 3 aromatic heterocycles. The molecule has 0 spiro atoms. The summed E-state index contributed by atoms with van der Waals surface area (Å²) in [4.78, 5) is 24.6. The molecule has 3 aromatic rings. The van der Waals surface area contributed by atoms with Gasteiger partial charge < -0.3 is 15.2 Å². The Bertz CT molecular complexity index is 816. The highest BCUT2D eigenvalue weighted by Crippen LogP contribution is 2.21. The van der Waals surface area contributed by atoms with Gasteiger partial charge in [-0.05, 0) is 24.0 Å². The second-order valence-corrected chi connectivity index (χ2v) is 6.16. The predicted octanol–water partition coefficient (Wildman–Crippen LogP) is 1.84. The summed E-state index contributed by atoms with van der Waals surface area (Å²) in [7, 11) is 0. The molecule has 0 fully saturated rings. The topological polar surface area (TPSA) is 135 Å². The lowest BCUT2D eigenvalue weighted by Gasteiger charge is -2.17. The van der Waals surface area contributed by atoms with Crippen molar-refractivity contribution in [3.8, 4) is 11.6 Å². The minimum Gasteiger partial charge on any atom is -0.337 e. The quantitative estimate of drug-likeness (QED) is 0.588. The van der Waals surface area contributed by atoms with Crippen molar-refractivity contribution in [2.45, 2.75) is 32.9 Å². The molecule has 26 heavy (non-hydrogen) atoms. The third-order valence-electron chi connectivity index (χ3n) is 3.55. The number of rotatable bonds is 7. The number of aromatic amines is 1. The van der Waals surface area contributed by atoms with E-state index in [9.17, 15) is 4.79 Å². The van der Waals surface area contributed by atoms with E-state index in [1.54, 1.807) is 12.4 Å². The van der Waals surface area contributed by atoms with Crippen molar-refractivity contribution in [3.63, 3.8) is 0 Å². The molecule has 0 radical (unpaired) electrons. The zero-order chi connectivity index (χ0) is 18.4. The van der Waals surface area contributed by atoms with Gasteiger partial charge in [0.05, 0.1) is 0 Å². The van der Waals surface area contributed by atoms with Gasteiger partial charge in [0.2, 0.25) is 11.7 Å². The zero-order valence-corrected chi connectivity index (χ0v) is 14.5. The Balaban J connectivity index is 1.65. The number of pyridine rings is 1. The number of amides is 2. The standard InChI is InChI=1S/C16H20N8O2/c1-10(2)6-12(15-22-14(24-26-15)13-19-9-20-23-13)21-16(25)18-8-11-4-3-5-17-7-11/h3-5,7,9-10,12H,6,8H2,1-2H3,(H2,18,21,25)(H,19,20,23)/t12-/m0/s1.